The molecule has 0 spiro atoms. The first-order chi connectivity index (χ1) is 5.95. The van der Waals surface area contributed by atoms with E-state index in [9.17, 15) is 8.42 Å². The Balaban J connectivity index is 3.11. The van der Waals surface area contributed by atoms with E-state index >= 15 is 0 Å². The maximum absolute atomic E-state index is 11.0. The summed E-state index contributed by atoms with van der Waals surface area (Å²) in [6, 6.07) is 0. The third kappa shape index (κ3) is 2.69. The minimum absolute atomic E-state index is 0.0163. The molecule has 0 unspecified atom stereocenters. The Morgan fingerprint density at radius 3 is 2.69 bits per heavy atom. The average molecular weight is 288 g/mol. The normalized spacial score (nSPS) is 11.9. The van der Waals surface area contributed by atoms with Crippen molar-refractivity contribution in [3.63, 3.8) is 0 Å². The minimum Gasteiger partial charge on any atom is -0.270 e. The molecule has 1 aromatic rings. The van der Waals surface area contributed by atoms with Crippen LogP contribution in [0.25, 0.3) is 0 Å². The molecule has 0 amide bonds. The molecule has 74 valence electrons. The first kappa shape index (κ1) is 11.0. The maximum Gasteiger partial charge on any atom is 0.265 e. The van der Waals surface area contributed by atoms with Crippen LogP contribution in [0.2, 0.25) is 0 Å². The first-order valence-electron chi connectivity index (χ1n) is 3.62. The van der Waals surface area contributed by atoms with Crippen LogP contribution in [0.15, 0.2) is 15.7 Å². The molecule has 7 heteroatoms. The van der Waals surface area contributed by atoms with Gasteiger partial charge in [-0.15, -0.1) is 0 Å². The van der Waals surface area contributed by atoms with Gasteiger partial charge in [0, 0.05) is 23.4 Å². The van der Waals surface area contributed by atoms with Crippen molar-refractivity contribution in [1.82, 2.24) is 9.78 Å². The summed E-state index contributed by atoms with van der Waals surface area (Å²) in [7, 11) is 1.48. The quantitative estimate of drug-likeness (QED) is 0.799. The van der Waals surface area contributed by atoms with Gasteiger partial charge < -0.3 is 0 Å². The number of nitrogens with zero attached hydrogens (tertiary/aromatic N) is 2. The van der Waals surface area contributed by atoms with Crippen molar-refractivity contribution in [3.05, 3.63) is 10.8 Å². The molecule has 0 saturated carbocycles. The summed E-state index contributed by atoms with van der Waals surface area (Å²) in [5.41, 5.74) is 0. The van der Waals surface area contributed by atoms with Crippen molar-refractivity contribution in [3.8, 4) is 0 Å². The van der Waals surface area contributed by atoms with Crippen LogP contribution in [0.4, 0.5) is 0 Å². The first-order valence-corrected chi connectivity index (χ1v) is 6.73. The van der Waals surface area contributed by atoms with E-state index in [0.717, 1.165) is 6.42 Å². The molecule has 1 rings (SSSR count). The Morgan fingerprint density at radius 2 is 2.31 bits per heavy atom. The van der Waals surface area contributed by atoms with Gasteiger partial charge in [-0.2, -0.15) is 5.10 Å². The number of aryl methyl sites for hydroxylation is 1. The lowest BCUT2D eigenvalue weighted by Gasteiger charge is -1.93. The summed E-state index contributed by atoms with van der Waals surface area (Å²) >= 11 is 3.03. The Hall–Kier alpha value is -0.0700. The summed E-state index contributed by atoms with van der Waals surface area (Å²) < 4.78 is 23.7. The van der Waals surface area contributed by atoms with Crippen molar-refractivity contribution in [2.75, 3.05) is 0 Å². The van der Waals surface area contributed by atoms with Crippen LogP contribution >= 0.6 is 26.6 Å². The van der Waals surface area contributed by atoms with Crippen molar-refractivity contribution < 1.29 is 8.42 Å². The highest BCUT2D eigenvalue weighted by atomic mass is 79.9. The molecular formula is C6H8BrClN2O2S. The number of rotatable bonds is 3. The second kappa shape index (κ2) is 3.98. The molecule has 0 aliphatic heterocycles. The van der Waals surface area contributed by atoms with Crippen LogP contribution < -0.4 is 0 Å². The molecule has 0 bridgehead atoms. The molecule has 0 fully saturated rings. The van der Waals surface area contributed by atoms with E-state index in [4.69, 9.17) is 10.7 Å². The molecule has 13 heavy (non-hydrogen) atoms. The summed E-state index contributed by atoms with van der Waals surface area (Å²) in [5.74, 6) is 0. The van der Waals surface area contributed by atoms with Crippen LogP contribution in [0, 0.1) is 0 Å². The summed E-state index contributed by atoms with van der Waals surface area (Å²) in [4.78, 5) is 0.0163. The number of hydrogen-bond acceptors (Lipinski definition) is 3. The summed E-state index contributed by atoms with van der Waals surface area (Å²) in [6.07, 6.45) is 2.30. The third-order valence-electron chi connectivity index (χ3n) is 1.40. The van der Waals surface area contributed by atoms with E-state index in [0.29, 0.717) is 6.54 Å². The number of halogens is 2. The maximum atomic E-state index is 11.0. The standard InChI is InChI=1S/C6H8BrClN2O2S/c1-2-3-10-4-5(6(7)9-10)13(8,11)12/h4H,2-3H2,1H3. The molecule has 0 aromatic carbocycles. The molecule has 1 heterocycles. The van der Waals surface area contributed by atoms with Crippen LogP contribution in [0.1, 0.15) is 13.3 Å². The average Bonchev–Trinajstić information content (AvgIpc) is 2.30. The van der Waals surface area contributed by atoms with Gasteiger partial charge in [0.15, 0.2) is 0 Å². The number of hydrogen-bond donors (Lipinski definition) is 0. The van der Waals surface area contributed by atoms with E-state index in [2.05, 4.69) is 21.0 Å². The molecule has 0 N–H and O–H groups in total. The highest BCUT2D eigenvalue weighted by molar-refractivity contribution is 9.10. The van der Waals surface area contributed by atoms with Crippen LogP contribution in [-0.4, -0.2) is 18.2 Å². The predicted octanol–water partition coefficient (Wildman–Crippen LogP) is 1.98. The lowest BCUT2D eigenvalue weighted by atomic mass is 10.5. The molecule has 0 radical (unpaired) electrons. The lowest BCUT2D eigenvalue weighted by Crippen LogP contribution is -1.96. The largest absolute Gasteiger partial charge is 0.270 e. The van der Waals surface area contributed by atoms with Gasteiger partial charge in [-0.05, 0) is 22.4 Å². The minimum atomic E-state index is -3.69. The Labute approximate surface area is 89.4 Å². The van der Waals surface area contributed by atoms with E-state index in [1.807, 2.05) is 6.92 Å². The summed E-state index contributed by atoms with van der Waals surface area (Å²) in [6.45, 7) is 2.65. The topological polar surface area (TPSA) is 52.0 Å². The van der Waals surface area contributed by atoms with Gasteiger partial charge >= 0.3 is 0 Å². The SMILES string of the molecule is CCCn1cc(S(=O)(=O)Cl)c(Br)n1. The van der Waals surface area contributed by atoms with E-state index in [1.54, 1.807) is 4.68 Å². The van der Waals surface area contributed by atoms with Gasteiger partial charge in [0.2, 0.25) is 0 Å². The highest BCUT2D eigenvalue weighted by Crippen LogP contribution is 2.23. The van der Waals surface area contributed by atoms with Crippen molar-refractivity contribution in [1.29, 1.82) is 0 Å². The Kier molecular flexibility index (Phi) is 3.37. The molecule has 4 nitrogen and oxygen atoms in total. The predicted molar refractivity (Wildman–Crippen MR) is 53.3 cm³/mol. The molecule has 0 saturated heterocycles. The van der Waals surface area contributed by atoms with Crippen LogP contribution in [0.3, 0.4) is 0 Å². The second-order valence-corrected chi connectivity index (χ2v) is 5.77. The lowest BCUT2D eigenvalue weighted by molar-refractivity contribution is 0.596. The summed E-state index contributed by atoms with van der Waals surface area (Å²) in [5, 5.41) is 3.94. The molecule has 0 aliphatic carbocycles. The fourth-order valence-electron chi connectivity index (χ4n) is 0.887. The zero-order chi connectivity index (χ0) is 10.1. The van der Waals surface area contributed by atoms with Gasteiger partial charge in [-0.1, -0.05) is 6.92 Å². The third-order valence-corrected chi connectivity index (χ3v) is 3.57. The zero-order valence-corrected chi connectivity index (χ0v) is 10.0. The monoisotopic (exact) mass is 286 g/mol. The fraction of sp³-hybridized carbons (Fsp3) is 0.500. The van der Waals surface area contributed by atoms with Gasteiger partial charge in [-0.3, -0.25) is 4.68 Å². The van der Waals surface area contributed by atoms with Crippen LogP contribution in [-0.2, 0) is 15.6 Å². The Bertz CT molecular complexity index is 401. The molecule has 0 aliphatic rings. The van der Waals surface area contributed by atoms with Gasteiger partial charge in [0.1, 0.15) is 9.50 Å². The van der Waals surface area contributed by atoms with E-state index < -0.39 is 9.05 Å². The highest BCUT2D eigenvalue weighted by Gasteiger charge is 2.18. The molecule has 1 aromatic heterocycles. The van der Waals surface area contributed by atoms with E-state index in [-0.39, 0.29) is 9.50 Å². The smallest absolute Gasteiger partial charge is 0.265 e. The molecular weight excluding hydrogens is 280 g/mol. The Morgan fingerprint density at radius 1 is 1.69 bits per heavy atom. The van der Waals surface area contributed by atoms with Crippen molar-refractivity contribution >= 4 is 35.7 Å². The van der Waals surface area contributed by atoms with Crippen molar-refractivity contribution in [2.45, 2.75) is 24.8 Å². The second-order valence-electron chi connectivity index (χ2n) is 2.49. The molecule has 0 atom stereocenters. The number of aromatic nitrogens is 2. The van der Waals surface area contributed by atoms with E-state index in [1.165, 1.54) is 6.20 Å². The van der Waals surface area contributed by atoms with Crippen LogP contribution in [0.5, 0.6) is 0 Å². The van der Waals surface area contributed by atoms with Gasteiger partial charge in [0.25, 0.3) is 9.05 Å². The fourth-order valence-corrected chi connectivity index (χ4v) is 2.94. The van der Waals surface area contributed by atoms with Gasteiger partial charge in [-0.25, -0.2) is 8.42 Å². The van der Waals surface area contributed by atoms with Crippen molar-refractivity contribution in [2.24, 2.45) is 0 Å². The van der Waals surface area contributed by atoms with Gasteiger partial charge in [0.05, 0.1) is 0 Å². The zero-order valence-electron chi connectivity index (χ0n) is 6.87.